The van der Waals surface area contributed by atoms with Gasteiger partial charge in [-0.3, -0.25) is 0 Å². The van der Waals surface area contributed by atoms with E-state index in [1.54, 1.807) is 0 Å². The summed E-state index contributed by atoms with van der Waals surface area (Å²) in [6.45, 7) is 8.23. The van der Waals surface area contributed by atoms with E-state index in [9.17, 15) is 0 Å². The van der Waals surface area contributed by atoms with Crippen LogP contribution in [0.1, 0.15) is 38.1 Å². The second kappa shape index (κ2) is 5.85. The molecule has 15 heavy (non-hydrogen) atoms. The molecule has 0 aliphatic heterocycles. The molecule has 4 heteroatoms. The molecule has 0 radical (unpaired) electrons. The van der Waals surface area contributed by atoms with E-state index in [1.165, 1.54) is 5.69 Å². The first-order valence-corrected chi connectivity index (χ1v) is 5.74. The van der Waals surface area contributed by atoms with Gasteiger partial charge in [0.2, 0.25) is 0 Å². The highest BCUT2D eigenvalue weighted by molar-refractivity contribution is 5.07. The van der Waals surface area contributed by atoms with Gasteiger partial charge in [-0.05, 0) is 38.6 Å². The van der Waals surface area contributed by atoms with Gasteiger partial charge in [0.25, 0.3) is 0 Å². The second-order valence-electron chi connectivity index (χ2n) is 4.42. The van der Waals surface area contributed by atoms with Crippen molar-refractivity contribution in [1.29, 1.82) is 0 Å². The van der Waals surface area contributed by atoms with Crippen LogP contribution in [0.2, 0.25) is 0 Å². The Balaban J connectivity index is 2.54. The number of hydrogen-bond donors (Lipinski definition) is 1. The quantitative estimate of drug-likeness (QED) is 0.774. The van der Waals surface area contributed by atoms with Gasteiger partial charge in [0.05, 0.1) is 11.4 Å². The lowest BCUT2D eigenvalue weighted by molar-refractivity contribution is 0.472. The molecule has 86 valence electrons. The Morgan fingerprint density at radius 1 is 1.40 bits per heavy atom. The lowest BCUT2D eigenvalue weighted by Crippen LogP contribution is -2.06. The van der Waals surface area contributed by atoms with Crippen LogP contribution >= 0.6 is 0 Å². The standard InChI is InChI=1S/C11H22N4/c1-9(2)6-8-15-10(3)11(13-14-15)5-4-7-12/h9H,4-8,12H2,1-3H3. The topological polar surface area (TPSA) is 56.7 Å². The Bertz CT molecular complexity index is 291. The average molecular weight is 210 g/mol. The van der Waals surface area contributed by atoms with Crippen LogP contribution in [0.4, 0.5) is 0 Å². The summed E-state index contributed by atoms with van der Waals surface area (Å²) in [5.74, 6) is 0.709. The molecule has 0 aliphatic rings. The van der Waals surface area contributed by atoms with Crippen molar-refractivity contribution in [2.75, 3.05) is 6.54 Å². The van der Waals surface area contributed by atoms with Crippen molar-refractivity contribution in [2.45, 2.75) is 46.6 Å². The molecular formula is C11H22N4. The molecule has 0 aliphatic carbocycles. The van der Waals surface area contributed by atoms with Crippen LogP contribution in [-0.2, 0) is 13.0 Å². The molecule has 0 atom stereocenters. The number of hydrogen-bond acceptors (Lipinski definition) is 3. The molecule has 0 bridgehead atoms. The van der Waals surface area contributed by atoms with E-state index in [0.29, 0.717) is 5.92 Å². The van der Waals surface area contributed by atoms with E-state index in [-0.39, 0.29) is 0 Å². The molecule has 0 unspecified atom stereocenters. The molecule has 0 spiro atoms. The number of aryl methyl sites for hydroxylation is 2. The van der Waals surface area contributed by atoms with Crippen molar-refractivity contribution < 1.29 is 0 Å². The van der Waals surface area contributed by atoms with Crippen molar-refractivity contribution in [3.05, 3.63) is 11.4 Å². The van der Waals surface area contributed by atoms with E-state index in [0.717, 1.165) is 38.0 Å². The Kier molecular flexibility index (Phi) is 4.75. The van der Waals surface area contributed by atoms with E-state index in [4.69, 9.17) is 5.73 Å². The lowest BCUT2D eigenvalue weighted by atomic mass is 10.1. The third-order valence-electron chi connectivity index (χ3n) is 2.61. The summed E-state index contributed by atoms with van der Waals surface area (Å²) in [7, 11) is 0. The number of aromatic nitrogens is 3. The molecule has 1 aromatic rings. The maximum Gasteiger partial charge on any atom is 0.0856 e. The van der Waals surface area contributed by atoms with Crippen LogP contribution in [0.3, 0.4) is 0 Å². The van der Waals surface area contributed by atoms with Gasteiger partial charge in [0, 0.05) is 6.54 Å². The molecule has 1 aromatic heterocycles. The maximum absolute atomic E-state index is 5.48. The summed E-state index contributed by atoms with van der Waals surface area (Å²) in [5, 5.41) is 8.36. The first-order valence-electron chi connectivity index (χ1n) is 5.74. The Morgan fingerprint density at radius 3 is 2.73 bits per heavy atom. The van der Waals surface area contributed by atoms with Crippen molar-refractivity contribution in [2.24, 2.45) is 11.7 Å². The predicted molar refractivity (Wildman–Crippen MR) is 61.6 cm³/mol. The third-order valence-corrected chi connectivity index (χ3v) is 2.61. The zero-order valence-corrected chi connectivity index (χ0v) is 10.0. The molecule has 4 nitrogen and oxygen atoms in total. The molecular weight excluding hydrogens is 188 g/mol. The molecule has 2 N–H and O–H groups in total. The summed E-state index contributed by atoms with van der Waals surface area (Å²) < 4.78 is 2.01. The van der Waals surface area contributed by atoms with Crippen LogP contribution in [0.25, 0.3) is 0 Å². The van der Waals surface area contributed by atoms with E-state index < -0.39 is 0 Å². The van der Waals surface area contributed by atoms with Gasteiger partial charge in [-0.25, -0.2) is 4.68 Å². The molecule has 0 amide bonds. The van der Waals surface area contributed by atoms with Crippen LogP contribution in [0.5, 0.6) is 0 Å². The smallest absolute Gasteiger partial charge is 0.0856 e. The highest BCUT2D eigenvalue weighted by Gasteiger charge is 2.07. The highest BCUT2D eigenvalue weighted by atomic mass is 15.4. The molecule has 0 saturated carbocycles. The van der Waals surface area contributed by atoms with Crippen molar-refractivity contribution in [3.8, 4) is 0 Å². The van der Waals surface area contributed by atoms with Gasteiger partial charge in [-0.1, -0.05) is 19.1 Å². The van der Waals surface area contributed by atoms with Crippen LogP contribution < -0.4 is 5.73 Å². The first-order chi connectivity index (χ1) is 7.15. The fourth-order valence-electron chi connectivity index (χ4n) is 1.49. The summed E-state index contributed by atoms with van der Waals surface area (Å²) >= 11 is 0. The fourth-order valence-corrected chi connectivity index (χ4v) is 1.49. The Labute approximate surface area is 91.9 Å². The number of nitrogens with zero attached hydrogens (tertiary/aromatic N) is 3. The third kappa shape index (κ3) is 3.63. The van der Waals surface area contributed by atoms with Gasteiger partial charge in [0.15, 0.2) is 0 Å². The monoisotopic (exact) mass is 210 g/mol. The molecule has 1 heterocycles. The second-order valence-corrected chi connectivity index (χ2v) is 4.42. The Morgan fingerprint density at radius 2 is 2.13 bits per heavy atom. The minimum Gasteiger partial charge on any atom is -0.330 e. The largest absolute Gasteiger partial charge is 0.330 e. The van der Waals surface area contributed by atoms with E-state index in [2.05, 4.69) is 31.1 Å². The number of nitrogens with two attached hydrogens (primary N) is 1. The Hall–Kier alpha value is -0.900. The zero-order chi connectivity index (χ0) is 11.3. The van der Waals surface area contributed by atoms with E-state index in [1.807, 2.05) is 4.68 Å². The summed E-state index contributed by atoms with van der Waals surface area (Å²) in [6, 6.07) is 0. The highest BCUT2D eigenvalue weighted by Crippen LogP contribution is 2.09. The normalized spacial score (nSPS) is 11.3. The summed E-state index contributed by atoms with van der Waals surface area (Å²) in [4.78, 5) is 0. The van der Waals surface area contributed by atoms with Gasteiger partial charge in [-0.15, -0.1) is 5.10 Å². The van der Waals surface area contributed by atoms with Crippen molar-refractivity contribution in [1.82, 2.24) is 15.0 Å². The van der Waals surface area contributed by atoms with Gasteiger partial charge < -0.3 is 5.73 Å². The molecule has 1 rings (SSSR count). The fraction of sp³-hybridized carbons (Fsp3) is 0.818. The van der Waals surface area contributed by atoms with E-state index >= 15 is 0 Å². The average Bonchev–Trinajstić information content (AvgIpc) is 2.54. The van der Waals surface area contributed by atoms with Gasteiger partial charge in [-0.2, -0.15) is 0 Å². The molecule has 0 aromatic carbocycles. The minimum absolute atomic E-state index is 0.709. The van der Waals surface area contributed by atoms with Crippen molar-refractivity contribution in [3.63, 3.8) is 0 Å². The number of rotatable bonds is 6. The lowest BCUT2D eigenvalue weighted by Gasteiger charge is -2.05. The minimum atomic E-state index is 0.709. The first kappa shape index (κ1) is 12.2. The van der Waals surface area contributed by atoms with Crippen LogP contribution in [-0.4, -0.2) is 21.5 Å². The SMILES string of the molecule is Cc1c(CCCN)nnn1CCC(C)C. The summed E-state index contributed by atoms with van der Waals surface area (Å²) in [5.41, 5.74) is 7.78. The van der Waals surface area contributed by atoms with Gasteiger partial charge >= 0.3 is 0 Å². The van der Waals surface area contributed by atoms with Crippen LogP contribution in [0.15, 0.2) is 0 Å². The van der Waals surface area contributed by atoms with Crippen LogP contribution in [0, 0.1) is 12.8 Å². The zero-order valence-electron chi connectivity index (χ0n) is 10.0. The molecule has 0 saturated heterocycles. The predicted octanol–water partition coefficient (Wildman–Crippen LogP) is 1.52. The summed E-state index contributed by atoms with van der Waals surface area (Å²) in [6.07, 6.45) is 3.09. The van der Waals surface area contributed by atoms with Crippen molar-refractivity contribution >= 4 is 0 Å². The van der Waals surface area contributed by atoms with Gasteiger partial charge in [0.1, 0.15) is 0 Å². The maximum atomic E-state index is 5.48. The molecule has 0 fully saturated rings.